The first-order chi connectivity index (χ1) is 10.1. The smallest absolute Gasteiger partial charge is 0.414 e. The maximum Gasteiger partial charge on any atom is 0.414 e. The van der Waals surface area contributed by atoms with E-state index in [4.69, 9.17) is 16.3 Å². The van der Waals surface area contributed by atoms with Gasteiger partial charge in [0.25, 0.3) is 0 Å². The van der Waals surface area contributed by atoms with Crippen LogP contribution in [0.3, 0.4) is 0 Å². The summed E-state index contributed by atoms with van der Waals surface area (Å²) in [5, 5.41) is 3.33. The molecule has 110 valence electrons. The van der Waals surface area contributed by atoms with Gasteiger partial charge in [-0.05, 0) is 40.2 Å². The molecule has 1 saturated heterocycles. The number of benzene rings is 1. The van der Waals surface area contributed by atoms with Gasteiger partial charge in [-0.25, -0.2) is 4.79 Å². The van der Waals surface area contributed by atoms with Crippen molar-refractivity contribution in [1.29, 1.82) is 0 Å². The SMILES string of the molecule is O=C1OCCN1c1cccc(NCc2cc(Br)c(Cl)s2)c1. The molecular weight excluding hydrogens is 376 g/mol. The predicted octanol–water partition coefficient (Wildman–Crippen LogP) is 4.73. The van der Waals surface area contributed by atoms with Crippen molar-refractivity contribution in [3.8, 4) is 0 Å². The molecule has 0 spiro atoms. The lowest BCUT2D eigenvalue weighted by molar-refractivity contribution is 0.181. The Morgan fingerprint density at radius 1 is 1.43 bits per heavy atom. The number of cyclic esters (lactones) is 1. The molecule has 1 aromatic heterocycles. The summed E-state index contributed by atoms with van der Waals surface area (Å²) < 4.78 is 6.62. The van der Waals surface area contributed by atoms with Crippen molar-refractivity contribution in [2.24, 2.45) is 0 Å². The Labute approximate surface area is 139 Å². The molecular formula is C14H12BrClN2O2S. The summed E-state index contributed by atoms with van der Waals surface area (Å²) in [6.45, 7) is 1.72. The molecule has 4 nitrogen and oxygen atoms in total. The van der Waals surface area contributed by atoms with E-state index < -0.39 is 0 Å². The number of hydrogen-bond acceptors (Lipinski definition) is 4. The molecule has 1 fully saturated rings. The van der Waals surface area contributed by atoms with Gasteiger partial charge >= 0.3 is 6.09 Å². The van der Waals surface area contributed by atoms with Crippen molar-refractivity contribution < 1.29 is 9.53 Å². The molecule has 1 amide bonds. The summed E-state index contributed by atoms with van der Waals surface area (Å²) in [7, 11) is 0. The summed E-state index contributed by atoms with van der Waals surface area (Å²) in [5.41, 5.74) is 1.79. The first-order valence-corrected chi connectivity index (χ1v) is 8.34. The molecule has 0 bridgehead atoms. The summed E-state index contributed by atoms with van der Waals surface area (Å²) in [4.78, 5) is 14.3. The van der Waals surface area contributed by atoms with Crippen molar-refractivity contribution in [3.05, 3.63) is 44.0 Å². The Bertz CT molecular complexity index is 657. The first kappa shape index (κ1) is 14.7. The number of hydrogen-bond donors (Lipinski definition) is 1. The zero-order valence-corrected chi connectivity index (χ0v) is 14.1. The zero-order chi connectivity index (χ0) is 14.8. The maximum atomic E-state index is 11.6. The molecule has 21 heavy (non-hydrogen) atoms. The number of carbonyl (C=O) groups excluding carboxylic acids is 1. The third-order valence-electron chi connectivity index (χ3n) is 3.08. The average molecular weight is 388 g/mol. The number of anilines is 2. The molecule has 1 aliphatic rings. The van der Waals surface area contributed by atoms with E-state index in [2.05, 4.69) is 21.2 Å². The molecule has 3 rings (SSSR count). The van der Waals surface area contributed by atoms with E-state index in [0.717, 1.165) is 25.1 Å². The van der Waals surface area contributed by atoms with E-state index in [-0.39, 0.29) is 6.09 Å². The summed E-state index contributed by atoms with van der Waals surface area (Å²) >= 11 is 11.0. The Morgan fingerprint density at radius 2 is 2.29 bits per heavy atom. The first-order valence-electron chi connectivity index (χ1n) is 6.35. The molecule has 7 heteroatoms. The summed E-state index contributed by atoms with van der Waals surface area (Å²) in [5.74, 6) is 0. The molecule has 1 aromatic carbocycles. The van der Waals surface area contributed by atoms with Gasteiger partial charge in [0.05, 0.1) is 6.54 Å². The van der Waals surface area contributed by atoms with Crippen molar-refractivity contribution in [2.45, 2.75) is 6.54 Å². The van der Waals surface area contributed by atoms with Crippen LogP contribution in [0.25, 0.3) is 0 Å². The molecule has 0 unspecified atom stereocenters. The van der Waals surface area contributed by atoms with E-state index >= 15 is 0 Å². The third-order valence-corrected chi connectivity index (χ3v) is 5.56. The fourth-order valence-corrected chi connectivity index (χ4v) is 3.81. The Morgan fingerprint density at radius 3 is 2.95 bits per heavy atom. The average Bonchev–Trinajstić information content (AvgIpc) is 3.03. The maximum absolute atomic E-state index is 11.6. The van der Waals surface area contributed by atoms with Gasteiger partial charge in [0.2, 0.25) is 0 Å². The van der Waals surface area contributed by atoms with Crippen LogP contribution in [0.1, 0.15) is 4.88 Å². The fraction of sp³-hybridized carbons (Fsp3) is 0.214. The number of carbonyl (C=O) groups is 1. The molecule has 2 heterocycles. The van der Waals surface area contributed by atoms with Gasteiger partial charge in [-0.1, -0.05) is 17.7 Å². The van der Waals surface area contributed by atoms with Crippen LogP contribution in [0.15, 0.2) is 34.8 Å². The normalized spacial score (nSPS) is 14.4. The van der Waals surface area contributed by atoms with E-state index in [0.29, 0.717) is 19.7 Å². The Balaban J connectivity index is 1.70. The molecule has 0 radical (unpaired) electrons. The van der Waals surface area contributed by atoms with Crippen LogP contribution in [0.4, 0.5) is 16.2 Å². The second-order valence-corrected chi connectivity index (χ2v) is 7.10. The number of ether oxygens (including phenoxy) is 1. The number of amides is 1. The van der Waals surface area contributed by atoms with Crippen molar-refractivity contribution in [2.75, 3.05) is 23.4 Å². The largest absolute Gasteiger partial charge is 0.447 e. The van der Waals surface area contributed by atoms with Gasteiger partial charge in [-0.3, -0.25) is 4.90 Å². The van der Waals surface area contributed by atoms with Crippen LogP contribution in [0.5, 0.6) is 0 Å². The van der Waals surface area contributed by atoms with Gasteiger partial charge in [0.1, 0.15) is 10.9 Å². The molecule has 2 aromatic rings. The minimum atomic E-state index is -0.291. The van der Waals surface area contributed by atoms with E-state index in [9.17, 15) is 4.79 Å². The van der Waals surface area contributed by atoms with Crippen molar-refractivity contribution in [1.82, 2.24) is 0 Å². The summed E-state index contributed by atoms with van der Waals surface area (Å²) in [6, 6.07) is 9.73. The van der Waals surface area contributed by atoms with Crippen LogP contribution in [-0.4, -0.2) is 19.2 Å². The molecule has 1 N–H and O–H groups in total. The quantitative estimate of drug-likeness (QED) is 0.824. The minimum Gasteiger partial charge on any atom is -0.447 e. The fourth-order valence-electron chi connectivity index (χ4n) is 2.08. The lowest BCUT2D eigenvalue weighted by Crippen LogP contribution is -2.23. The van der Waals surface area contributed by atoms with Crippen LogP contribution >= 0.6 is 38.9 Å². The van der Waals surface area contributed by atoms with Gasteiger partial charge in [0.15, 0.2) is 0 Å². The van der Waals surface area contributed by atoms with Crippen LogP contribution in [0.2, 0.25) is 4.34 Å². The second-order valence-electron chi connectivity index (χ2n) is 4.50. The van der Waals surface area contributed by atoms with Gasteiger partial charge < -0.3 is 10.1 Å². The highest BCUT2D eigenvalue weighted by Gasteiger charge is 2.23. The van der Waals surface area contributed by atoms with Crippen LogP contribution < -0.4 is 10.2 Å². The Hall–Kier alpha value is -1.24. The molecule has 1 aliphatic heterocycles. The van der Waals surface area contributed by atoms with E-state index in [1.165, 1.54) is 11.3 Å². The lowest BCUT2D eigenvalue weighted by Gasteiger charge is -2.14. The monoisotopic (exact) mass is 386 g/mol. The zero-order valence-electron chi connectivity index (χ0n) is 10.9. The highest BCUT2D eigenvalue weighted by molar-refractivity contribution is 9.10. The number of rotatable bonds is 4. The van der Waals surface area contributed by atoms with E-state index in [1.807, 2.05) is 30.3 Å². The number of thiophene rings is 1. The number of halogens is 2. The Kier molecular flexibility index (Phi) is 4.37. The van der Waals surface area contributed by atoms with Crippen molar-refractivity contribution >= 4 is 56.3 Å². The lowest BCUT2D eigenvalue weighted by atomic mass is 10.2. The van der Waals surface area contributed by atoms with Crippen LogP contribution in [-0.2, 0) is 11.3 Å². The third kappa shape index (κ3) is 3.33. The topological polar surface area (TPSA) is 41.6 Å². The van der Waals surface area contributed by atoms with Gasteiger partial charge in [0, 0.05) is 27.3 Å². The number of nitrogens with zero attached hydrogens (tertiary/aromatic N) is 1. The predicted molar refractivity (Wildman–Crippen MR) is 89.5 cm³/mol. The second kappa shape index (κ2) is 6.25. The van der Waals surface area contributed by atoms with Gasteiger partial charge in [-0.15, -0.1) is 11.3 Å². The minimum absolute atomic E-state index is 0.291. The molecule has 0 saturated carbocycles. The van der Waals surface area contributed by atoms with E-state index in [1.54, 1.807) is 4.90 Å². The molecule has 0 atom stereocenters. The van der Waals surface area contributed by atoms with Gasteiger partial charge in [-0.2, -0.15) is 0 Å². The number of nitrogens with one attached hydrogen (secondary N) is 1. The summed E-state index contributed by atoms with van der Waals surface area (Å²) in [6.07, 6.45) is -0.291. The van der Waals surface area contributed by atoms with Crippen molar-refractivity contribution in [3.63, 3.8) is 0 Å². The highest BCUT2D eigenvalue weighted by atomic mass is 79.9. The standard InChI is InChI=1S/C14H12BrClN2O2S/c15-12-7-11(21-13(12)16)8-17-9-2-1-3-10(6-9)18-4-5-20-14(18)19/h1-3,6-7,17H,4-5,8H2. The van der Waals surface area contributed by atoms with Crippen LogP contribution in [0, 0.1) is 0 Å². The highest BCUT2D eigenvalue weighted by Crippen LogP contribution is 2.32. The molecule has 0 aliphatic carbocycles.